The average Bonchev–Trinajstić information content (AvgIpc) is 3.59. The van der Waals surface area contributed by atoms with E-state index in [2.05, 4.69) is 79.6 Å². The summed E-state index contributed by atoms with van der Waals surface area (Å²) in [5.41, 5.74) is 3.36. The van der Waals surface area contributed by atoms with Crippen LogP contribution >= 0.6 is 46.2 Å². The van der Waals surface area contributed by atoms with Gasteiger partial charge in [-0.3, -0.25) is 13.9 Å². The number of aromatic nitrogens is 3. The Bertz CT molecular complexity index is 1910. The number of nitrogens with zero attached hydrogens (tertiary/aromatic N) is 3. The van der Waals surface area contributed by atoms with Gasteiger partial charge < -0.3 is 5.11 Å². The summed E-state index contributed by atoms with van der Waals surface area (Å²) in [5, 5.41) is 11.9. The van der Waals surface area contributed by atoms with Crippen molar-refractivity contribution in [3.63, 3.8) is 0 Å². The van der Waals surface area contributed by atoms with Crippen molar-refractivity contribution in [2.75, 3.05) is 0 Å². The number of aromatic hydroxyl groups is 1. The lowest BCUT2D eigenvalue weighted by molar-refractivity contribution is -0.679. The summed E-state index contributed by atoms with van der Waals surface area (Å²) in [6.45, 7) is 9.98. The molecule has 0 aliphatic carbocycles. The van der Waals surface area contributed by atoms with E-state index in [1.807, 2.05) is 12.1 Å². The molecule has 0 radical (unpaired) electrons. The van der Waals surface area contributed by atoms with Crippen molar-refractivity contribution in [3.05, 3.63) is 107 Å². The Hall–Kier alpha value is -3.37. The second kappa shape index (κ2) is 13.1. The first kappa shape index (κ1) is 29.1. The molecule has 1 N–H and O–H groups in total. The van der Waals surface area contributed by atoms with Gasteiger partial charge in [-0.05, 0) is 49.3 Å². The first-order chi connectivity index (χ1) is 20.0. The lowest BCUT2D eigenvalue weighted by Gasteiger charge is -2.02. The first-order valence-electron chi connectivity index (χ1n) is 13.6. The molecule has 210 valence electrons. The Balaban J connectivity index is 1.72. The largest absolute Gasteiger partial charge is 0.493 e. The van der Waals surface area contributed by atoms with Crippen molar-refractivity contribution < 1.29 is 9.67 Å². The lowest BCUT2D eigenvalue weighted by Crippen LogP contribution is -2.37. The number of rotatable bonds is 10. The Kier molecular flexibility index (Phi) is 9.29. The lowest BCUT2D eigenvalue weighted by atomic mass is 10.1. The summed E-state index contributed by atoms with van der Waals surface area (Å²) >= 11 is 9.98. The topological polar surface area (TPSA) is 51.0 Å². The standard InChI is InChI=1S/C32H31N3O2S4/c1-4-7-19-35-31(37)25(40-32(35)38)20-24-30(36)34(18-5-2)27(39-24)21-26-33(6-3)28(22-14-10-8-11-15-22)29(41-26)23-16-12-9-13-17-23/h5,8-17,20-21H,2,4,6-7,18-19H2,1,3H3/p+1. The van der Waals surface area contributed by atoms with Gasteiger partial charge in [-0.1, -0.05) is 79.3 Å². The van der Waals surface area contributed by atoms with E-state index in [1.54, 1.807) is 32.6 Å². The predicted molar refractivity (Wildman–Crippen MR) is 176 cm³/mol. The van der Waals surface area contributed by atoms with Gasteiger partial charge in [0, 0.05) is 18.7 Å². The molecular weight excluding hydrogens is 587 g/mol. The van der Waals surface area contributed by atoms with Crippen LogP contribution in [0.4, 0.5) is 0 Å². The third-order valence-corrected chi connectivity index (χ3v) is 10.4. The molecule has 0 aliphatic heterocycles. The molecule has 0 aliphatic rings. The Labute approximate surface area is 256 Å². The molecular formula is C32H32N3O2S4+. The number of allylic oxidation sites excluding steroid dienone is 1. The zero-order valence-electron chi connectivity index (χ0n) is 23.1. The molecule has 3 aromatic heterocycles. The average molecular weight is 619 g/mol. The molecule has 0 fully saturated rings. The smallest absolute Gasteiger partial charge is 0.269 e. The first-order valence-corrected chi connectivity index (χ1v) is 16.5. The molecule has 3 heterocycles. The van der Waals surface area contributed by atoms with Crippen LogP contribution in [0.15, 0.2) is 78.1 Å². The highest BCUT2D eigenvalue weighted by molar-refractivity contribution is 7.73. The van der Waals surface area contributed by atoms with Crippen LogP contribution in [-0.2, 0) is 19.6 Å². The van der Waals surface area contributed by atoms with E-state index in [-0.39, 0.29) is 11.4 Å². The second-order valence-electron chi connectivity index (χ2n) is 9.45. The van der Waals surface area contributed by atoms with Crippen LogP contribution in [0.1, 0.15) is 36.6 Å². The number of unbranched alkanes of at least 4 members (excludes halogenated alkanes) is 1. The fourth-order valence-corrected chi connectivity index (χ4v) is 8.50. The Morgan fingerprint density at radius 2 is 1.63 bits per heavy atom. The summed E-state index contributed by atoms with van der Waals surface area (Å²) in [6, 6.07) is 20.9. The maximum absolute atomic E-state index is 13.6. The molecule has 5 nitrogen and oxygen atoms in total. The highest BCUT2D eigenvalue weighted by Gasteiger charge is 2.27. The third kappa shape index (κ3) is 5.99. The van der Waals surface area contributed by atoms with E-state index in [0.29, 0.717) is 26.5 Å². The van der Waals surface area contributed by atoms with Crippen molar-refractivity contribution in [1.82, 2.24) is 9.13 Å². The van der Waals surface area contributed by atoms with Gasteiger partial charge in [0.05, 0.1) is 15.5 Å². The third-order valence-electron chi connectivity index (χ3n) is 6.74. The number of thiazole rings is 3. The molecule has 0 saturated carbocycles. The van der Waals surface area contributed by atoms with Gasteiger partial charge in [0.25, 0.3) is 10.6 Å². The van der Waals surface area contributed by atoms with Crippen molar-refractivity contribution in [2.45, 2.75) is 46.3 Å². The molecule has 0 atom stereocenters. The van der Waals surface area contributed by atoms with Crippen LogP contribution in [0, 0.1) is 3.95 Å². The van der Waals surface area contributed by atoms with Crippen LogP contribution in [0.3, 0.4) is 0 Å². The Morgan fingerprint density at radius 1 is 0.951 bits per heavy atom. The van der Waals surface area contributed by atoms with E-state index < -0.39 is 0 Å². The molecule has 41 heavy (non-hydrogen) atoms. The minimum atomic E-state index is -0.105. The van der Waals surface area contributed by atoms with Crippen molar-refractivity contribution in [1.29, 1.82) is 0 Å². The van der Waals surface area contributed by atoms with Crippen molar-refractivity contribution in [3.8, 4) is 27.6 Å². The summed E-state index contributed by atoms with van der Waals surface area (Å²) in [6.07, 6.45) is 7.55. The van der Waals surface area contributed by atoms with Crippen LogP contribution in [0.5, 0.6) is 5.88 Å². The van der Waals surface area contributed by atoms with Gasteiger partial charge in [0.1, 0.15) is 16.1 Å². The normalized spacial score (nSPS) is 12.3. The number of benzene rings is 2. The molecule has 5 rings (SSSR count). The summed E-state index contributed by atoms with van der Waals surface area (Å²) in [5.74, 6) is 0.129. The van der Waals surface area contributed by atoms with Crippen LogP contribution in [-0.4, -0.2) is 14.2 Å². The highest BCUT2D eigenvalue weighted by atomic mass is 32.1. The van der Waals surface area contributed by atoms with Gasteiger partial charge >= 0.3 is 0 Å². The molecule has 2 aromatic carbocycles. The molecule has 0 saturated heterocycles. The number of hydrogen-bond acceptors (Lipinski definition) is 6. The number of hydrogen-bond donors (Lipinski definition) is 1. The summed E-state index contributed by atoms with van der Waals surface area (Å²) in [7, 11) is 0. The van der Waals surface area contributed by atoms with E-state index in [1.165, 1.54) is 27.6 Å². The fourth-order valence-electron chi connectivity index (χ4n) is 4.72. The quantitative estimate of drug-likeness (QED) is 0.110. The van der Waals surface area contributed by atoms with Gasteiger partial charge in [-0.2, -0.15) is 4.57 Å². The van der Waals surface area contributed by atoms with E-state index in [9.17, 15) is 9.90 Å². The van der Waals surface area contributed by atoms with E-state index in [0.717, 1.165) is 45.9 Å². The zero-order valence-corrected chi connectivity index (χ0v) is 26.3. The van der Waals surface area contributed by atoms with Crippen molar-refractivity contribution in [2.24, 2.45) is 0 Å². The molecule has 9 heteroatoms. The zero-order chi connectivity index (χ0) is 28.9. The van der Waals surface area contributed by atoms with E-state index >= 15 is 0 Å². The van der Waals surface area contributed by atoms with Crippen LogP contribution in [0.25, 0.3) is 33.9 Å². The minimum Gasteiger partial charge on any atom is -0.493 e. The van der Waals surface area contributed by atoms with Crippen LogP contribution in [0.2, 0.25) is 0 Å². The van der Waals surface area contributed by atoms with Gasteiger partial charge in [0.15, 0.2) is 3.95 Å². The van der Waals surface area contributed by atoms with Gasteiger partial charge in [-0.15, -0.1) is 29.3 Å². The van der Waals surface area contributed by atoms with Gasteiger partial charge in [0.2, 0.25) is 11.6 Å². The highest BCUT2D eigenvalue weighted by Crippen LogP contribution is 2.36. The molecule has 5 aromatic rings. The van der Waals surface area contributed by atoms with E-state index in [4.69, 9.17) is 12.2 Å². The summed E-state index contributed by atoms with van der Waals surface area (Å²) < 4.78 is 7.82. The molecule has 0 unspecified atom stereocenters. The SMILES string of the molecule is C=CCn1c(=O)c(=Cc2sc(=S)n(CCCC)c2O)s/c1=C/c1sc(-c2ccccc2)c(-c2ccccc2)[n+]1CC. The molecule has 0 amide bonds. The second-order valence-corrected chi connectivity index (χ2v) is 13.2. The van der Waals surface area contributed by atoms with Crippen LogP contribution < -0.4 is 19.3 Å². The minimum absolute atomic E-state index is 0.105. The summed E-state index contributed by atoms with van der Waals surface area (Å²) in [4.78, 5) is 15.4. The monoisotopic (exact) mass is 618 g/mol. The Morgan fingerprint density at radius 3 is 2.27 bits per heavy atom. The fraction of sp³-hybridized carbons (Fsp3) is 0.219. The molecule has 0 bridgehead atoms. The van der Waals surface area contributed by atoms with Crippen molar-refractivity contribution >= 4 is 58.4 Å². The van der Waals surface area contributed by atoms with Gasteiger partial charge in [-0.25, -0.2) is 0 Å². The predicted octanol–water partition coefficient (Wildman–Crippen LogP) is 6.55. The maximum Gasteiger partial charge on any atom is 0.269 e. The molecule has 0 spiro atoms. The maximum atomic E-state index is 13.6.